The number of aryl methyl sites for hydroxylation is 2. The largest absolute Gasteiger partial charge is 0.311 e. The Hall–Kier alpha value is -5.80. The fourth-order valence-electron chi connectivity index (χ4n) is 12.2. The quantitative estimate of drug-likeness (QED) is 0.164. The molecule has 0 unspecified atom stereocenters. The topological polar surface area (TPSA) is 6.48 Å². The summed E-state index contributed by atoms with van der Waals surface area (Å²) in [6.45, 7) is 26.3. The van der Waals surface area contributed by atoms with Crippen LogP contribution < -0.4 is 26.2 Å². The van der Waals surface area contributed by atoms with E-state index in [0.717, 1.165) is 6.42 Å². The van der Waals surface area contributed by atoms with Crippen molar-refractivity contribution in [2.75, 3.05) is 9.80 Å². The average molecular weight is 793 g/mol. The third-order valence-corrected chi connectivity index (χ3v) is 14.9. The molecule has 7 aromatic carbocycles. The molecule has 0 saturated heterocycles. The van der Waals surface area contributed by atoms with Crippen LogP contribution in [0.1, 0.15) is 108 Å². The zero-order valence-corrected chi connectivity index (χ0v) is 37.9. The predicted molar refractivity (Wildman–Crippen MR) is 262 cm³/mol. The molecule has 302 valence electrons. The number of hydrogen-bond acceptors (Lipinski definition) is 2. The molecular formula is C58H57BN2. The first-order valence-corrected chi connectivity index (χ1v) is 22.4. The van der Waals surface area contributed by atoms with E-state index in [0.29, 0.717) is 0 Å². The normalized spacial score (nSPS) is 17.0. The van der Waals surface area contributed by atoms with Gasteiger partial charge in [0.15, 0.2) is 0 Å². The van der Waals surface area contributed by atoms with Crippen molar-refractivity contribution in [3.8, 4) is 22.3 Å². The number of anilines is 6. The summed E-state index contributed by atoms with van der Waals surface area (Å²) in [5.41, 5.74) is 26.6. The molecule has 2 aliphatic heterocycles. The molecular weight excluding hydrogens is 735 g/mol. The summed E-state index contributed by atoms with van der Waals surface area (Å²) in [5, 5.41) is 0. The van der Waals surface area contributed by atoms with Crippen LogP contribution in [0.2, 0.25) is 0 Å². The van der Waals surface area contributed by atoms with E-state index in [1.54, 1.807) is 0 Å². The van der Waals surface area contributed by atoms with Crippen LogP contribution in [0.25, 0.3) is 22.3 Å². The van der Waals surface area contributed by atoms with Crippen LogP contribution in [0.15, 0.2) is 133 Å². The standard InChI is InChI=1S/C58H57BN2/c1-35-28-51-54-52(29-35)61(48-30-38(25-24-36(48)2)37-18-13-12-14-19-37)50-33-44-43(56(6,7)34-57(44,8)9)32-46(50)59(54)45-27-26-39(55(3,4)5)31-49(45)60(51)47-23-17-22-42-53(47)40-20-15-16-21-41(40)58(42,10)11/h12-33H,34H2,1-11H3. The summed E-state index contributed by atoms with van der Waals surface area (Å²) >= 11 is 0. The number of fused-ring (bicyclic) bond motifs is 8. The van der Waals surface area contributed by atoms with Crippen molar-refractivity contribution in [3.63, 3.8) is 0 Å². The molecule has 2 nitrogen and oxygen atoms in total. The molecule has 0 fully saturated rings. The lowest BCUT2D eigenvalue weighted by atomic mass is 9.33. The molecule has 0 aromatic heterocycles. The lowest BCUT2D eigenvalue weighted by Gasteiger charge is -2.46. The van der Waals surface area contributed by atoms with Gasteiger partial charge in [-0.15, -0.1) is 0 Å². The van der Waals surface area contributed by atoms with Crippen molar-refractivity contribution < 1.29 is 0 Å². The van der Waals surface area contributed by atoms with E-state index in [4.69, 9.17) is 0 Å². The first-order valence-electron chi connectivity index (χ1n) is 22.4. The minimum absolute atomic E-state index is 0.0229. The summed E-state index contributed by atoms with van der Waals surface area (Å²) < 4.78 is 0. The van der Waals surface area contributed by atoms with Crippen LogP contribution in [-0.4, -0.2) is 6.71 Å². The smallest absolute Gasteiger partial charge is 0.252 e. The zero-order valence-electron chi connectivity index (χ0n) is 37.9. The van der Waals surface area contributed by atoms with E-state index in [1.807, 2.05) is 0 Å². The fourth-order valence-corrected chi connectivity index (χ4v) is 12.2. The number of benzene rings is 7. The Bertz CT molecular complexity index is 3000. The Morgan fingerprint density at radius 3 is 1.85 bits per heavy atom. The molecule has 0 N–H and O–H groups in total. The minimum atomic E-state index is -0.111. The van der Waals surface area contributed by atoms with Crippen molar-refractivity contribution in [1.82, 2.24) is 0 Å². The van der Waals surface area contributed by atoms with Gasteiger partial charge in [-0.1, -0.05) is 159 Å². The van der Waals surface area contributed by atoms with E-state index >= 15 is 0 Å². The number of hydrogen-bond donors (Lipinski definition) is 0. The second kappa shape index (κ2) is 12.6. The molecule has 61 heavy (non-hydrogen) atoms. The first-order chi connectivity index (χ1) is 29.0. The van der Waals surface area contributed by atoms with Gasteiger partial charge in [-0.3, -0.25) is 0 Å². The SMILES string of the molecule is Cc1cc2c3c(c1)N(c1cccc4c1-c1ccccc1C4(C)C)c1cc(C(C)(C)C)ccc1B3c1cc3c(cc1N2c1cc(-c2ccccc2)ccc1C)C(C)(C)CC3(C)C. The minimum Gasteiger partial charge on any atom is -0.311 e. The lowest BCUT2D eigenvalue weighted by Crippen LogP contribution is -2.61. The van der Waals surface area contributed by atoms with Crippen LogP contribution >= 0.6 is 0 Å². The summed E-state index contributed by atoms with van der Waals surface area (Å²) in [4.78, 5) is 5.32. The second-order valence-electron chi connectivity index (χ2n) is 21.5. The fraction of sp³-hybridized carbons (Fsp3) is 0.276. The number of rotatable bonds is 3. The Morgan fingerprint density at radius 1 is 0.492 bits per heavy atom. The molecule has 0 saturated carbocycles. The highest BCUT2D eigenvalue weighted by molar-refractivity contribution is 7.00. The van der Waals surface area contributed by atoms with Gasteiger partial charge in [-0.25, -0.2) is 0 Å². The highest BCUT2D eigenvalue weighted by Gasteiger charge is 2.49. The van der Waals surface area contributed by atoms with Gasteiger partial charge in [0.1, 0.15) is 0 Å². The second-order valence-corrected chi connectivity index (χ2v) is 21.5. The zero-order chi connectivity index (χ0) is 42.5. The summed E-state index contributed by atoms with van der Waals surface area (Å²) in [6, 6.07) is 51.8. The average Bonchev–Trinajstić information content (AvgIpc) is 3.57. The van der Waals surface area contributed by atoms with Crippen LogP contribution in [0, 0.1) is 13.8 Å². The Kier molecular flexibility index (Phi) is 7.90. The molecule has 7 aromatic rings. The summed E-state index contributed by atoms with van der Waals surface area (Å²) in [5.74, 6) is 0. The van der Waals surface area contributed by atoms with Crippen LogP contribution in [0.4, 0.5) is 34.1 Å². The van der Waals surface area contributed by atoms with Gasteiger partial charge >= 0.3 is 0 Å². The van der Waals surface area contributed by atoms with Crippen LogP contribution in [0.5, 0.6) is 0 Å². The molecule has 3 heteroatoms. The van der Waals surface area contributed by atoms with Gasteiger partial charge in [-0.05, 0) is 145 Å². The number of nitrogens with zero attached hydrogens (tertiary/aromatic N) is 2. The monoisotopic (exact) mass is 792 g/mol. The molecule has 2 heterocycles. The molecule has 0 radical (unpaired) electrons. The van der Waals surface area contributed by atoms with E-state index in [-0.39, 0.29) is 28.4 Å². The highest BCUT2D eigenvalue weighted by atomic mass is 15.2. The molecule has 0 bridgehead atoms. The van der Waals surface area contributed by atoms with E-state index in [2.05, 4.69) is 219 Å². The maximum Gasteiger partial charge on any atom is 0.252 e. The van der Waals surface area contributed by atoms with Gasteiger partial charge in [0.25, 0.3) is 6.71 Å². The van der Waals surface area contributed by atoms with E-state index in [9.17, 15) is 0 Å². The predicted octanol–water partition coefficient (Wildman–Crippen LogP) is 13.6. The Balaban J connectivity index is 1.27. The van der Waals surface area contributed by atoms with Crippen molar-refractivity contribution in [3.05, 3.63) is 172 Å². The Morgan fingerprint density at radius 2 is 1.13 bits per heavy atom. The van der Waals surface area contributed by atoms with Gasteiger partial charge in [0, 0.05) is 39.4 Å². The van der Waals surface area contributed by atoms with Gasteiger partial charge in [0.05, 0.1) is 5.69 Å². The maximum atomic E-state index is 2.67. The lowest BCUT2D eigenvalue weighted by molar-refractivity contribution is 0.403. The third-order valence-electron chi connectivity index (χ3n) is 14.9. The van der Waals surface area contributed by atoms with Gasteiger partial charge in [0.2, 0.25) is 0 Å². The van der Waals surface area contributed by atoms with Crippen molar-refractivity contribution in [1.29, 1.82) is 0 Å². The third kappa shape index (κ3) is 5.41. The highest BCUT2D eigenvalue weighted by Crippen LogP contribution is 2.56. The molecule has 0 atom stereocenters. The van der Waals surface area contributed by atoms with Crippen molar-refractivity contribution in [2.45, 2.75) is 104 Å². The van der Waals surface area contributed by atoms with Crippen molar-refractivity contribution in [2.24, 2.45) is 0 Å². The van der Waals surface area contributed by atoms with Crippen LogP contribution in [-0.2, 0) is 21.7 Å². The van der Waals surface area contributed by atoms with Gasteiger partial charge in [-0.2, -0.15) is 0 Å². The molecule has 4 aliphatic rings. The molecule has 2 aliphatic carbocycles. The van der Waals surface area contributed by atoms with E-state index in [1.165, 1.54) is 112 Å². The summed E-state index contributed by atoms with van der Waals surface area (Å²) in [6.07, 6.45) is 1.12. The molecule has 0 spiro atoms. The Labute approximate surface area is 364 Å². The maximum absolute atomic E-state index is 2.67. The van der Waals surface area contributed by atoms with Gasteiger partial charge < -0.3 is 9.80 Å². The molecule has 0 amide bonds. The van der Waals surface area contributed by atoms with Crippen LogP contribution in [0.3, 0.4) is 0 Å². The van der Waals surface area contributed by atoms with E-state index < -0.39 is 0 Å². The summed E-state index contributed by atoms with van der Waals surface area (Å²) in [7, 11) is 0. The first kappa shape index (κ1) is 38.2. The molecule has 11 rings (SSSR count). The van der Waals surface area contributed by atoms with Crippen molar-refractivity contribution >= 4 is 57.2 Å².